The zero-order chi connectivity index (χ0) is 12.1. The zero-order valence-electron chi connectivity index (χ0n) is 8.06. The minimum absolute atomic E-state index is 0.0210. The van der Waals surface area contributed by atoms with Crippen molar-refractivity contribution in [1.29, 1.82) is 0 Å². The van der Waals surface area contributed by atoms with Gasteiger partial charge in [0.2, 0.25) is 0 Å². The molecule has 0 spiro atoms. The summed E-state index contributed by atoms with van der Waals surface area (Å²) in [6.07, 6.45) is 0.498. The first kappa shape index (κ1) is 12.7. The Bertz CT molecular complexity index is 475. The molecular weight excluding hydrogens is 282 g/mol. The highest BCUT2D eigenvalue weighted by Gasteiger charge is 2.13. The normalized spacial score (nSPS) is 9.44. The van der Waals surface area contributed by atoms with Crippen molar-refractivity contribution in [3.8, 4) is 11.8 Å². The fourth-order valence-electron chi connectivity index (χ4n) is 1.03. The van der Waals surface area contributed by atoms with Gasteiger partial charge in [-0.15, -0.1) is 0 Å². The number of benzene rings is 1. The van der Waals surface area contributed by atoms with E-state index in [1.807, 2.05) is 0 Å². The maximum atomic E-state index is 12.9. The van der Waals surface area contributed by atoms with Crippen LogP contribution < -0.4 is 0 Å². The number of alkyl halides is 1. The molecule has 0 saturated heterocycles. The fraction of sp³-hybridized carbons (Fsp3) is 0.182. The number of aromatic carboxylic acids is 1. The van der Waals surface area contributed by atoms with Gasteiger partial charge >= 0.3 is 5.97 Å². The number of hydrogen-bond acceptors (Lipinski definition) is 1. The largest absolute Gasteiger partial charge is 0.478 e. The van der Waals surface area contributed by atoms with E-state index in [-0.39, 0.29) is 11.1 Å². The van der Waals surface area contributed by atoms with Crippen LogP contribution in [-0.4, -0.2) is 16.4 Å². The molecule has 0 aliphatic rings. The summed E-state index contributed by atoms with van der Waals surface area (Å²) in [6.45, 7) is 0. The van der Waals surface area contributed by atoms with Crippen LogP contribution in [0.15, 0.2) is 12.1 Å². The molecule has 1 rings (SSSR count). The lowest BCUT2D eigenvalue weighted by Gasteiger charge is -2.00. The Kier molecular flexibility index (Phi) is 4.44. The summed E-state index contributed by atoms with van der Waals surface area (Å²) in [5.41, 5.74) is -0.353. The van der Waals surface area contributed by atoms with Crippen LogP contribution in [0.2, 0.25) is 0 Å². The van der Waals surface area contributed by atoms with Crippen molar-refractivity contribution < 1.29 is 18.7 Å². The van der Waals surface area contributed by atoms with Crippen molar-refractivity contribution in [2.75, 3.05) is 5.33 Å². The summed E-state index contributed by atoms with van der Waals surface area (Å²) in [5.74, 6) is 1.51. The number of rotatable bonds is 2. The minimum Gasteiger partial charge on any atom is -0.478 e. The van der Waals surface area contributed by atoms with Gasteiger partial charge in [-0.05, 0) is 12.1 Å². The molecule has 1 N–H and O–H groups in total. The average Bonchev–Trinajstić information content (AvgIpc) is 2.23. The molecule has 0 amide bonds. The Morgan fingerprint density at radius 3 is 2.56 bits per heavy atom. The maximum absolute atomic E-state index is 12.9. The van der Waals surface area contributed by atoms with Gasteiger partial charge in [0.1, 0.15) is 0 Å². The SMILES string of the molecule is O=C(O)c1cc(F)c(F)cc1C#CCCBr. The lowest BCUT2D eigenvalue weighted by Crippen LogP contribution is -2.02. The first-order valence-corrected chi connectivity index (χ1v) is 5.45. The Morgan fingerprint density at radius 1 is 1.38 bits per heavy atom. The van der Waals surface area contributed by atoms with E-state index in [1.165, 1.54) is 0 Å². The van der Waals surface area contributed by atoms with Crippen LogP contribution in [0.4, 0.5) is 8.78 Å². The van der Waals surface area contributed by atoms with Crippen molar-refractivity contribution in [1.82, 2.24) is 0 Å². The lowest BCUT2D eigenvalue weighted by atomic mass is 10.1. The average molecular weight is 289 g/mol. The van der Waals surface area contributed by atoms with Crippen LogP contribution in [-0.2, 0) is 0 Å². The van der Waals surface area contributed by atoms with Crippen molar-refractivity contribution in [3.63, 3.8) is 0 Å². The van der Waals surface area contributed by atoms with Gasteiger partial charge < -0.3 is 5.11 Å². The summed E-state index contributed by atoms with van der Waals surface area (Å²) >= 11 is 3.14. The zero-order valence-corrected chi connectivity index (χ0v) is 9.64. The predicted octanol–water partition coefficient (Wildman–Crippen LogP) is 2.80. The molecule has 1 aromatic carbocycles. The Hall–Kier alpha value is -1.41. The van der Waals surface area contributed by atoms with Crippen LogP contribution in [0, 0.1) is 23.5 Å². The van der Waals surface area contributed by atoms with Gasteiger partial charge in [0, 0.05) is 17.3 Å². The minimum atomic E-state index is -1.33. The molecule has 0 fully saturated rings. The van der Waals surface area contributed by atoms with Gasteiger partial charge in [-0.3, -0.25) is 0 Å². The molecule has 0 bridgehead atoms. The third-order valence-corrected chi connectivity index (χ3v) is 2.13. The first-order valence-electron chi connectivity index (χ1n) is 4.33. The van der Waals surface area contributed by atoms with Crippen LogP contribution in [0.5, 0.6) is 0 Å². The first-order chi connectivity index (χ1) is 7.56. The van der Waals surface area contributed by atoms with E-state index in [1.54, 1.807) is 0 Å². The standard InChI is InChI=1S/C11H7BrF2O2/c12-4-2-1-3-7-5-9(13)10(14)6-8(7)11(15)16/h5-6H,2,4H2,(H,15,16). The van der Waals surface area contributed by atoms with Gasteiger partial charge in [0.15, 0.2) is 11.6 Å². The van der Waals surface area contributed by atoms with E-state index in [0.717, 1.165) is 6.07 Å². The molecule has 0 aromatic heterocycles. The number of carboxylic acid groups (broad SMARTS) is 1. The topological polar surface area (TPSA) is 37.3 Å². The van der Waals surface area contributed by atoms with E-state index < -0.39 is 17.6 Å². The molecule has 0 aliphatic carbocycles. The third-order valence-electron chi connectivity index (χ3n) is 1.73. The molecule has 0 atom stereocenters. The van der Waals surface area contributed by atoms with E-state index in [9.17, 15) is 13.6 Å². The number of halogens is 3. The van der Waals surface area contributed by atoms with Gasteiger partial charge in [-0.25, -0.2) is 13.6 Å². The smallest absolute Gasteiger partial charge is 0.337 e. The van der Waals surface area contributed by atoms with Gasteiger partial charge in [0.25, 0.3) is 0 Å². The fourth-order valence-corrected chi connectivity index (χ4v) is 1.23. The van der Waals surface area contributed by atoms with Crippen LogP contribution in [0.25, 0.3) is 0 Å². The molecule has 1 aromatic rings. The van der Waals surface area contributed by atoms with Crippen LogP contribution >= 0.6 is 15.9 Å². The summed E-state index contributed by atoms with van der Waals surface area (Å²) < 4.78 is 25.7. The van der Waals surface area contributed by atoms with Crippen molar-refractivity contribution in [2.24, 2.45) is 0 Å². The van der Waals surface area contributed by atoms with E-state index in [4.69, 9.17) is 5.11 Å². The summed E-state index contributed by atoms with van der Waals surface area (Å²) in [5, 5.41) is 9.40. The molecule has 0 unspecified atom stereocenters. The van der Waals surface area contributed by atoms with Crippen molar-refractivity contribution in [3.05, 3.63) is 34.9 Å². The maximum Gasteiger partial charge on any atom is 0.337 e. The molecule has 0 aliphatic heterocycles. The lowest BCUT2D eigenvalue weighted by molar-refractivity contribution is 0.0696. The van der Waals surface area contributed by atoms with Gasteiger partial charge in [-0.2, -0.15) is 0 Å². The third kappa shape index (κ3) is 3.04. The summed E-state index contributed by atoms with van der Waals surface area (Å²) in [6, 6.07) is 1.43. The molecular formula is C11H7BrF2O2. The quantitative estimate of drug-likeness (QED) is 0.671. The predicted molar refractivity (Wildman–Crippen MR) is 58.6 cm³/mol. The molecule has 84 valence electrons. The van der Waals surface area contributed by atoms with E-state index >= 15 is 0 Å². The van der Waals surface area contributed by atoms with Gasteiger partial charge in [0.05, 0.1) is 5.56 Å². The number of hydrogen-bond donors (Lipinski definition) is 1. The second-order valence-electron chi connectivity index (χ2n) is 2.86. The van der Waals surface area contributed by atoms with Crippen molar-refractivity contribution >= 4 is 21.9 Å². The van der Waals surface area contributed by atoms with Crippen molar-refractivity contribution in [2.45, 2.75) is 6.42 Å². The molecule has 0 heterocycles. The Labute approximate surface area is 99.4 Å². The second kappa shape index (κ2) is 5.61. The van der Waals surface area contributed by atoms with Crippen LogP contribution in [0.1, 0.15) is 22.3 Å². The summed E-state index contributed by atoms with van der Waals surface area (Å²) in [7, 11) is 0. The highest BCUT2D eigenvalue weighted by Crippen LogP contribution is 2.14. The number of carboxylic acids is 1. The molecule has 2 nitrogen and oxygen atoms in total. The van der Waals surface area contributed by atoms with Crippen LogP contribution in [0.3, 0.4) is 0 Å². The molecule has 5 heteroatoms. The summed E-state index contributed by atoms with van der Waals surface area (Å²) in [4.78, 5) is 10.8. The molecule has 16 heavy (non-hydrogen) atoms. The number of carbonyl (C=O) groups is 1. The van der Waals surface area contributed by atoms with E-state index in [2.05, 4.69) is 27.8 Å². The highest BCUT2D eigenvalue weighted by atomic mass is 79.9. The van der Waals surface area contributed by atoms with E-state index in [0.29, 0.717) is 17.8 Å². The Balaban J connectivity index is 3.21. The molecule has 0 radical (unpaired) electrons. The second-order valence-corrected chi connectivity index (χ2v) is 3.65. The Morgan fingerprint density at radius 2 is 2.00 bits per heavy atom. The monoisotopic (exact) mass is 288 g/mol. The van der Waals surface area contributed by atoms with Gasteiger partial charge in [-0.1, -0.05) is 27.8 Å². The highest BCUT2D eigenvalue weighted by molar-refractivity contribution is 9.09. The molecule has 0 saturated carbocycles.